The Kier molecular flexibility index (Phi) is 10.7. The number of nitrogens with two attached hydrogens (primary N) is 1. The van der Waals surface area contributed by atoms with Crippen LogP contribution in [-0.4, -0.2) is 99.3 Å². The number of aliphatic carboxylic acids is 1. The summed E-state index contributed by atoms with van der Waals surface area (Å²) < 4.78 is 41.5. The number of para-hydroxylation sites is 1. The molecular formula is C38H44F3N9O5. The van der Waals surface area contributed by atoms with Gasteiger partial charge in [0.1, 0.15) is 35.1 Å². The molecular weight excluding hydrogens is 719 g/mol. The van der Waals surface area contributed by atoms with Crippen molar-refractivity contribution >= 4 is 29.3 Å². The Labute approximate surface area is 315 Å². The summed E-state index contributed by atoms with van der Waals surface area (Å²) in [6.45, 7) is 6.74. The number of amides is 2. The van der Waals surface area contributed by atoms with Crippen LogP contribution in [0.3, 0.4) is 0 Å². The first-order valence-corrected chi connectivity index (χ1v) is 18.4. The third-order valence-corrected chi connectivity index (χ3v) is 11.1. The number of nitrogens with one attached hydrogen (secondary N) is 2. The second-order valence-corrected chi connectivity index (χ2v) is 14.6. The number of hydrogen-bond donors (Lipinski definition) is 4. The average molecular weight is 764 g/mol. The molecule has 55 heavy (non-hydrogen) atoms. The van der Waals surface area contributed by atoms with Gasteiger partial charge in [0.25, 0.3) is 5.91 Å². The number of rotatable bonds is 8. The van der Waals surface area contributed by atoms with Crippen molar-refractivity contribution in [2.75, 3.05) is 56.0 Å². The summed E-state index contributed by atoms with van der Waals surface area (Å²) in [4.78, 5) is 39.4. The van der Waals surface area contributed by atoms with Gasteiger partial charge >= 0.3 is 12.1 Å². The van der Waals surface area contributed by atoms with Crippen molar-refractivity contribution in [2.24, 2.45) is 17.1 Å². The molecule has 0 unspecified atom stereocenters. The number of hydrogen-bond acceptors (Lipinski definition) is 9. The number of piperidine rings is 2. The highest BCUT2D eigenvalue weighted by molar-refractivity contribution is 6.03. The van der Waals surface area contributed by atoms with E-state index in [4.69, 9.17) is 25.5 Å². The summed E-state index contributed by atoms with van der Waals surface area (Å²) in [5.74, 6) is -0.707. The predicted molar refractivity (Wildman–Crippen MR) is 197 cm³/mol. The van der Waals surface area contributed by atoms with Crippen LogP contribution in [0.5, 0.6) is 11.5 Å². The molecule has 3 fully saturated rings. The number of carboxylic acid groups (broad SMARTS) is 1. The number of ether oxygens (including phenoxy) is 1. The molecule has 0 radical (unpaired) electrons. The number of aromatic nitrogens is 4. The van der Waals surface area contributed by atoms with Crippen LogP contribution in [0.1, 0.15) is 48.5 Å². The van der Waals surface area contributed by atoms with Crippen molar-refractivity contribution in [1.29, 1.82) is 0 Å². The number of halogens is 3. The van der Waals surface area contributed by atoms with E-state index in [1.165, 1.54) is 12.8 Å². The summed E-state index contributed by atoms with van der Waals surface area (Å²) in [7, 11) is 0. The topological polar surface area (TPSA) is 173 Å². The number of fused-ring (bicyclic) bond motifs is 1. The van der Waals surface area contributed by atoms with Gasteiger partial charge in [-0.05, 0) is 79.8 Å². The van der Waals surface area contributed by atoms with Crippen molar-refractivity contribution in [3.8, 4) is 22.8 Å². The van der Waals surface area contributed by atoms with Crippen molar-refractivity contribution in [3.63, 3.8) is 0 Å². The lowest BCUT2D eigenvalue weighted by Crippen LogP contribution is -2.58. The van der Waals surface area contributed by atoms with E-state index in [1.54, 1.807) is 4.68 Å². The predicted octanol–water partition coefficient (Wildman–Crippen LogP) is 4.76. The van der Waals surface area contributed by atoms with Gasteiger partial charge in [-0.2, -0.15) is 23.4 Å². The average Bonchev–Trinajstić information content (AvgIpc) is 3.80. The molecule has 4 aliphatic rings. The molecule has 2 aromatic heterocycles. The Balaban J connectivity index is 0.000000609. The highest BCUT2D eigenvalue weighted by atomic mass is 19.4. The van der Waals surface area contributed by atoms with E-state index in [-0.39, 0.29) is 18.5 Å². The fourth-order valence-corrected chi connectivity index (χ4v) is 7.93. The Morgan fingerprint density at radius 2 is 1.60 bits per heavy atom. The first kappa shape index (κ1) is 37.7. The molecule has 292 valence electrons. The zero-order valence-corrected chi connectivity index (χ0v) is 30.2. The summed E-state index contributed by atoms with van der Waals surface area (Å²) in [5.41, 5.74) is 9.32. The van der Waals surface area contributed by atoms with Crippen LogP contribution in [-0.2, 0) is 16.1 Å². The first-order chi connectivity index (χ1) is 26.4. The molecule has 6 heterocycles. The number of carbonyl (C=O) groups is 3. The zero-order valence-electron chi connectivity index (χ0n) is 30.2. The largest absolute Gasteiger partial charge is 0.490 e. The standard InChI is InChI=1S/C36H43N9O3.C2HF3O2/c37-34(47)32-33(26-6-8-29(9-7-26)48-28-4-2-1-3-5-28)41-45-30(10-15-39-35(32)45)25-11-16-43(17-12-25)31(46)22-44-21-27(20-40-44)42-18-13-36(14-19-42)23-38-24-36;3-2(4,5)1(6)7/h1-9,20-21,25,30,38-39H,10-19,22-24H2,(H2,37,47);(H,6,7)/t30-;/m0./s1. The lowest BCUT2D eigenvalue weighted by Gasteiger charge is -2.48. The summed E-state index contributed by atoms with van der Waals surface area (Å²) in [5, 5.41) is 23.5. The quantitative estimate of drug-likeness (QED) is 0.196. The molecule has 0 bridgehead atoms. The van der Waals surface area contributed by atoms with Gasteiger partial charge in [0.05, 0.1) is 17.9 Å². The molecule has 2 aromatic carbocycles. The van der Waals surface area contributed by atoms with E-state index in [0.717, 1.165) is 69.0 Å². The number of likely N-dealkylation sites (tertiary alicyclic amines) is 1. The maximum atomic E-state index is 13.3. The zero-order chi connectivity index (χ0) is 38.7. The van der Waals surface area contributed by atoms with E-state index in [2.05, 4.69) is 20.6 Å². The van der Waals surface area contributed by atoms with Crippen molar-refractivity contribution in [1.82, 2.24) is 29.8 Å². The second-order valence-electron chi connectivity index (χ2n) is 14.6. The SMILES string of the molecule is NC(=O)c1c(-c2ccc(Oc3ccccc3)cc2)nn2c1NCC[C@H]2C1CCN(C(=O)Cn2cc(N3CCC4(CC3)CNC4)cn2)CC1.O=C(O)C(F)(F)F. The van der Waals surface area contributed by atoms with E-state index >= 15 is 0 Å². The van der Waals surface area contributed by atoms with E-state index < -0.39 is 18.1 Å². The minimum atomic E-state index is -5.08. The molecule has 4 aromatic rings. The third-order valence-electron chi connectivity index (χ3n) is 11.1. The Bertz CT molecular complexity index is 1980. The molecule has 5 N–H and O–H groups in total. The van der Waals surface area contributed by atoms with E-state index in [1.807, 2.05) is 76.6 Å². The van der Waals surface area contributed by atoms with Gasteiger partial charge in [0.2, 0.25) is 5.91 Å². The molecule has 0 saturated carbocycles. The van der Waals surface area contributed by atoms with Crippen molar-refractivity contribution in [3.05, 3.63) is 72.6 Å². The number of carboxylic acids is 1. The first-order valence-electron chi connectivity index (χ1n) is 18.4. The molecule has 2 amide bonds. The lowest BCUT2D eigenvalue weighted by molar-refractivity contribution is -0.192. The van der Waals surface area contributed by atoms with Crippen LogP contribution in [0.2, 0.25) is 0 Å². The van der Waals surface area contributed by atoms with Crippen LogP contribution in [0.25, 0.3) is 11.3 Å². The number of benzene rings is 2. The Morgan fingerprint density at radius 3 is 2.20 bits per heavy atom. The van der Waals surface area contributed by atoms with Crippen LogP contribution in [0.4, 0.5) is 24.7 Å². The number of anilines is 2. The normalized spacial score (nSPS) is 19.4. The number of nitrogens with zero attached hydrogens (tertiary/aromatic N) is 6. The van der Waals surface area contributed by atoms with Gasteiger partial charge in [-0.15, -0.1) is 0 Å². The molecule has 8 rings (SSSR count). The molecule has 1 atom stereocenters. The maximum absolute atomic E-state index is 13.3. The second kappa shape index (κ2) is 15.6. The highest BCUT2D eigenvalue weighted by Crippen LogP contribution is 2.41. The minimum Gasteiger partial charge on any atom is -0.475 e. The smallest absolute Gasteiger partial charge is 0.475 e. The molecule has 14 nitrogen and oxygen atoms in total. The number of carbonyl (C=O) groups excluding carboxylic acids is 2. The Morgan fingerprint density at radius 1 is 0.945 bits per heavy atom. The highest BCUT2D eigenvalue weighted by Gasteiger charge is 2.40. The van der Waals surface area contributed by atoms with Crippen LogP contribution >= 0.6 is 0 Å². The van der Waals surface area contributed by atoms with Gasteiger partial charge in [-0.1, -0.05) is 18.2 Å². The van der Waals surface area contributed by atoms with E-state index in [9.17, 15) is 22.8 Å². The maximum Gasteiger partial charge on any atom is 0.490 e. The number of alkyl halides is 3. The van der Waals surface area contributed by atoms with Crippen LogP contribution in [0.15, 0.2) is 67.0 Å². The van der Waals surface area contributed by atoms with Crippen LogP contribution < -0.4 is 26.0 Å². The lowest BCUT2D eigenvalue weighted by atomic mass is 9.73. The van der Waals surface area contributed by atoms with Gasteiger partial charge < -0.3 is 36.0 Å². The summed E-state index contributed by atoms with van der Waals surface area (Å²) in [6.07, 6.45) is 3.88. The van der Waals surface area contributed by atoms with E-state index in [0.29, 0.717) is 47.2 Å². The number of primary amides is 1. The van der Waals surface area contributed by atoms with Gasteiger partial charge in [0.15, 0.2) is 0 Å². The minimum absolute atomic E-state index is 0.101. The van der Waals surface area contributed by atoms with Gasteiger partial charge in [-0.3, -0.25) is 14.3 Å². The fraction of sp³-hybridized carbons (Fsp3) is 0.447. The Hall–Kier alpha value is -5.58. The summed E-state index contributed by atoms with van der Waals surface area (Å²) >= 11 is 0. The summed E-state index contributed by atoms with van der Waals surface area (Å²) in [6, 6.07) is 17.3. The molecule has 4 aliphatic heterocycles. The monoisotopic (exact) mass is 763 g/mol. The van der Waals surface area contributed by atoms with Crippen molar-refractivity contribution in [2.45, 2.75) is 50.9 Å². The van der Waals surface area contributed by atoms with Crippen molar-refractivity contribution < 1.29 is 37.4 Å². The molecule has 1 spiro atoms. The third kappa shape index (κ3) is 8.40. The van der Waals surface area contributed by atoms with Crippen LogP contribution in [0, 0.1) is 11.3 Å². The van der Waals surface area contributed by atoms with Gasteiger partial charge in [0, 0.05) is 57.6 Å². The molecule has 17 heteroatoms. The molecule has 3 saturated heterocycles. The van der Waals surface area contributed by atoms with Gasteiger partial charge in [-0.25, -0.2) is 9.48 Å². The molecule has 0 aliphatic carbocycles. The fourth-order valence-electron chi connectivity index (χ4n) is 7.93.